The lowest BCUT2D eigenvalue weighted by Gasteiger charge is -2.17. The van der Waals surface area contributed by atoms with E-state index in [0.717, 1.165) is 0 Å². The highest BCUT2D eigenvalue weighted by Gasteiger charge is 2.22. The molecule has 0 bridgehead atoms. The summed E-state index contributed by atoms with van der Waals surface area (Å²) < 4.78 is 0. The molecule has 0 fully saturated rings. The summed E-state index contributed by atoms with van der Waals surface area (Å²) in [6.07, 6.45) is -0.726. The first-order valence-corrected chi connectivity index (χ1v) is 5.59. The number of hydrogen-bond donors (Lipinski definition) is 4. The zero-order chi connectivity index (χ0) is 15.0. The number of carbonyl (C=O) groups is 4. The van der Waals surface area contributed by atoms with E-state index in [2.05, 4.69) is 12.2 Å². The zero-order valence-corrected chi connectivity index (χ0v) is 10.3. The Kier molecular flexibility index (Phi) is 7.35. The Morgan fingerprint density at radius 3 is 1.95 bits per heavy atom. The molecule has 0 aromatic heterocycles. The number of nitrogens with one attached hydrogen (secondary N) is 1. The first kappa shape index (κ1) is 17.0. The van der Waals surface area contributed by atoms with E-state index >= 15 is 0 Å². The minimum Gasteiger partial charge on any atom is -0.481 e. The van der Waals surface area contributed by atoms with Crippen molar-refractivity contribution in [2.24, 2.45) is 5.73 Å². The number of carboxylic acids is 2. The number of carbonyl (C=O) groups excluding carboxylic acids is 2. The van der Waals surface area contributed by atoms with Crippen LogP contribution in [-0.2, 0) is 19.2 Å². The van der Waals surface area contributed by atoms with Crippen LogP contribution < -0.4 is 11.1 Å². The SMILES string of the molecule is [CH2]C(=O)[C@H](CCC(=O)O)NC(=O)[C@@H](N)CCC(=O)O. The van der Waals surface area contributed by atoms with Crippen molar-refractivity contribution in [1.82, 2.24) is 5.32 Å². The number of rotatable bonds is 9. The van der Waals surface area contributed by atoms with E-state index in [-0.39, 0.29) is 25.7 Å². The normalized spacial score (nSPS) is 13.4. The molecule has 2 atom stereocenters. The highest BCUT2D eigenvalue weighted by Crippen LogP contribution is 2.01. The lowest BCUT2D eigenvalue weighted by Crippen LogP contribution is -2.48. The Morgan fingerprint density at radius 1 is 1.05 bits per heavy atom. The maximum Gasteiger partial charge on any atom is 0.303 e. The number of nitrogens with two attached hydrogens (primary N) is 1. The number of amides is 1. The van der Waals surface area contributed by atoms with Crippen LogP contribution in [0.5, 0.6) is 0 Å². The lowest BCUT2D eigenvalue weighted by molar-refractivity contribution is -0.139. The molecule has 0 aliphatic carbocycles. The Bertz CT molecular complexity index is 368. The fourth-order valence-corrected chi connectivity index (χ4v) is 1.27. The van der Waals surface area contributed by atoms with Crippen LogP contribution in [0.1, 0.15) is 25.7 Å². The molecule has 0 spiro atoms. The van der Waals surface area contributed by atoms with E-state index in [9.17, 15) is 19.2 Å². The van der Waals surface area contributed by atoms with Crippen LogP contribution >= 0.6 is 0 Å². The molecule has 19 heavy (non-hydrogen) atoms. The minimum absolute atomic E-state index is 0.0713. The van der Waals surface area contributed by atoms with Gasteiger partial charge in [0.25, 0.3) is 0 Å². The maximum absolute atomic E-state index is 11.6. The number of carboxylic acid groups (broad SMARTS) is 2. The zero-order valence-electron chi connectivity index (χ0n) is 10.3. The molecule has 0 rings (SSSR count). The molecule has 0 aromatic carbocycles. The third kappa shape index (κ3) is 7.87. The van der Waals surface area contributed by atoms with Crippen molar-refractivity contribution < 1.29 is 29.4 Å². The molecule has 0 unspecified atom stereocenters. The van der Waals surface area contributed by atoms with Crippen LogP contribution in [0.2, 0.25) is 0 Å². The number of ketones is 1. The smallest absolute Gasteiger partial charge is 0.303 e. The lowest BCUT2D eigenvalue weighted by atomic mass is 10.1. The molecule has 0 heterocycles. The number of aliphatic carboxylic acids is 2. The van der Waals surface area contributed by atoms with Crippen molar-refractivity contribution in [3.8, 4) is 0 Å². The molecule has 0 aromatic rings. The quantitative estimate of drug-likeness (QED) is 0.418. The van der Waals surface area contributed by atoms with Gasteiger partial charge in [0, 0.05) is 19.8 Å². The van der Waals surface area contributed by atoms with E-state index in [1.807, 2.05) is 0 Å². The van der Waals surface area contributed by atoms with Crippen LogP contribution in [0.4, 0.5) is 0 Å². The van der Waals surface area contributed by atoms with Crippen molar-refractivity contribution in [2.75, 3.05) is 0 Å². The summed E-state index contributed by atoms with van der Waals surface area (Å²) in [6, 6.07) is -2.10. The summed E-state index contributed by atoms with van der Waals surface area (Å²) in [5.74, 6) is -3.51. The van der Waals surface area contributed by atoms with Crippen molar-refractivity contribution >= 4 is 23.6 Å². The fraction of sp³-hybridized carbons (Fsp3) is 0.545. The van der Waals surface area contributed by atoms with E-state index in [0.29, 0.717) is 0 Å². The van der Waals surface area contributed by atoms with Gasteiger partial charge in [0.2, 0.25) is 5.91 Å². The molecule has 0 aliphatic rings. The predicted molar refractivity (Wildman–Crippen MR) is 64.0 cm³/mol. The molecular formula is C11H17N2O6. The summed E-state index contributed by atoms with van der Waals surface area (Å²) >= 11 is 0. The van der Waals surface area contributed by atoms with Gasteiger partial charge in [-0.05, 0) is 12.8 Å². The molecule has 0 saturated heterocycles. The van der Waals surface area contributed by atoms with Gasteiger partial charge in [0.1, 0.15) is 0 Å². The minimum atomic E-state index is -1.10. The Balaban J connectivity index is 4.33. The van der Waals surface area contributed by atoms with Gasteiger partial charge in [-0.3, -0.25) is 19.2 Å². The molecule has 1 radical (unpaired) electrons. The van der Waals surface area contributed by atoms with Crippen molar-refractivity contribution in [2.45, 2.75) is 37.8 Å². The summed E-state index contributed by atoms with van der Waals surface area (Å²) in [6.45, 7) is 3.12. The molecule has 0 saturated carbocycles. The molecule has 0 aliphatic heterocycles. The second-order valence-electron chi connectivity index (χ2n) is 4.00. The maximum atomic E-state index is 11.6. The Labute approximate surface area is 110 Å². The van der Waals surface area contributed by atoms with Crippen molar-refractivity contribution in [1.29, 1.82) is 0 Å². The van der Waals surface area contributed by atoms with Gasteiger partial charge >= 0.3 is 11.9 Å². The topological polar surface area (TPSA) is 147 Å². The molecule has 8 nitrogen and oxygen atoms in total. The van der Waals surface area contributed by atoms with Gasteiger partial charge in [-0.15, -0.1) is 0 Å². The van der Waals surface area contributed by atoms with Gasteiger partial charge in [0.15, 0.2) is 5.78 Å². The molecule has 5 N–H and O–H groups in total. The molecule has 1 amide bonds. The number of Topliss-reactive ketones (excluding diaryl/α,β-unsaturated/α-hetero) is 1. The second-order valence-corrected chi connectivity index (χ2v) is 4.00. The third-order valence-corrected chi connectivity index (χ3v) is 2.36. The average molecular weight is 273 g/mol. The van der Waals surface area contributed by atoms with Crippen LogP contribution in [-0.4, -0.2) is 45.9 Å². The fourth-order valence-electron chi connectivity index (χ4n) is 1.27. The molecule has 107 valence electrons. The molecular weight excluding hydrogens is 256 g/mol. The first-order chi connectivity index (χ1) is 8.73. The van der Waals surface area contributed by atoms with E-state index < -0.39 is 35.7 Å². The predicted octanol–water partition coefficient (Wildman–Crippen LogP) is -1.07. The highest BCUT2D eigenvalue weighted by atomic mass is 16.4. The van der Waals surface area contributed by atoms with Crippen LogP contribution in [0.25, 0.3) is 0 Å². The third-order valence-electron chi connectivity index (χ3n) is 2.36. The number of hydrogen-bond acceptors (Lipinski definition) is 5. The van der Waals surface area contributed by atoms with Crippen molar-refractivity contribution in [3.05, 3.63) is 6.92 Å². The Morgan fingerprint density at radius 2 is 1.53 bits per heavy atom. The van der Waals surface area contributed by atoms with Crippen LogP contribution in [0.3, 0.4) is 0 Å². The van der Waals surface area contributed by atoms with Crippen LogP contribution in [0.15, 0.2) is 0 Å². The Hall–Kier alpha value is -1.96. The summed E-state index contributed by atoms with van der Waals surface area (Å²) in [4.78, 5) is 43.4. The van der Waals surface area contributed by atoms with Crippen LogP contribution in [0, 0.1) is 6.92 Å². The monoisotopic (exact) mass is 273 g/mol. The van der Waals surface area contributed by atoms with Gasteiger partial charge in [-0.2, -0.15) is 0 Å². The standard InChI is InChI=1S/C11H17N2O6/c1-6(14)8(3-5-10(17)18)13-11(19)7(12)2-4-9(15)16/h7-8H,1-5,12H2,(H,13,19)(H,15,16)(H,17,18)/t7-,8-/m0/s1. The van der Waals surface area contributed by atoms with Gasteiger partial charge in [0.05, 0.1) is 12.1 Å². The molecule has 8 heteroatoms. The van der Waals surface area contributed by atoms with E-state index in [4.69, 9.17) is 15.9 Å². The summed E-state index contributed by atoms with van der Waals surface area (Å²) in [5.41, 5.74) is 5.45. The second kappa shape index (κ2) is 8.20. The summed E-state index contributed by atoms with van der Waals surface area (Å²) in [5, 5.41) is 19.2. The average Bonchev–Trinajstić information content (AvgIpc) is 2.30. The largest absolute Gasteiger partial charge is 0.481 e. The van der Waals surface area contributed by atoms with E-state index in [1.165, 1.54) is 0 Å². The van der Waals surface area contributed by atoms with Gasteiger partial charge in [-0.1, -0.05) is 0 Å². The van der Waals surface area contributed by atoms with Gasteiger partial charge in [-0.25, -0.2) is 0 Å². The first-order valence-electron chi connectivity index (χ1n) is 5.59. The summed E-state index contributed by atoms with van der Waals surface area (Å²) in [7, 11) is 0. The van der Waals surface area contributed by atoms with Gasteiger partial charge < -0.3 is 21.3 Å². The highest BCUT2D eigenvalue weighted by molar-refractivity contribution is 5.93. The van der Waals surface area contributed by atoms with Crippen molar-refractivity contribution in [3.63, 3.8) is 0 Å². The van der Waals surface area contributed by atoms with E-state index in [1.54, 1.807) is 0 Å².